The molecule has 0 saturated heterocycles. The lowest BCUT2D eigenvalue weighted by molar-refractivity contribution is 0.591. The van der Waals surface area contributed by atoms with Gasteiger partial charge in [0, 0.05) is 38.0 Å². The molecule has 3 aromatic carbocycles. The summed E-state index contributed by atoms with van der Waals surface area (Å²) >= 11 is 24.8. The third-order valence-electron chi connectivity index (χ3n) is 5.45. The van der Waals surface area contributed by atoms with Gasteiger partial charge in [-0.3, -0.25) is 0 Å². The second-order valence-electron chi connectivity index (χ2n) is 8.21. The zero-order valence-electron chi connectivity index (χ0n) is 18.5. The first-order chi connectivity index (χ1) is 17.2. The molecule has 36 heavy (non-hydrogen) atoms. The Morgan fingerprint density at radius 2 is 1.58 bits per heavy atom. The van der Waals surface area contributed by atoms with E-state index in [1.165, 1.54) is 16.8 Å². The number of benzene rings is 3. The van der Waals surface area contributed by atoms with Crippen molar-refractivity contribution in [3.63, 3.8) is 0 Å². The Balaban J connectivity index is 1.63. The highest BCUT2D eigenvalue weighted by atomic mass is 35.5. The van der Waals surface area contributed by atoms with Gasteiger partial charge in [-0.25, -0.2) is 22.8 Å². The molecule has 0 atom stereocenters. The number of sulfonamides is 1. The second kappa shape index (κ2) is 10.1. The average Bonchev–Trinajstić information content (AvgIpc) is 3.54. The van der Waals surface area contributed by atoms with E-state index in [2.05, 4.69) is 9.71 Å². The number of nitrogens with one attached hydrogen (secondary N) is 1. The third kappa shape index (κ3) is 5.56. The summed E-state index contributed by atoms with van der Waals surface area (Å²) in [4.78, 5) is 4.62. The first-order valence-electron chi connectivity index (χ1n) is 10.9. The molecule has 0 amide bonds. The summed E-state index contributed by atoms with van der Waals surface area (Å²) in [5.74, 6) is 0.0732. The van der Waals surface area contributed by atoms with Crippen molar-refractivity contribution in [1.29, 1.82) is 0 Å². The summed E-state index contributed by atoms with van der Waals surface area (Å²) in [6, 6.07) is 18.3. The number of hydrogen-bond acceptors (Lipinski definition) is 4. The van der Waals surface area contributed by atoms with Gasteiger partial charge in [-0.1, -0.05) is 70.7 Å². The zero-order valence-corrected chi connectivity index (χ0v) is 22.3. The summed E-state index contributed by atoms with van der Waals surface area (Å²) in [5.41, 5.74) is 2.69. The van der Waals surface area contributed by atoms with Gasteiger partial charge in [0.15, 0.2) is 0 Å². The summed E-state index contributed by atoms with van der Waals surface area (Å²) in [6.07, 6.45) is 3.42. The van der Waals surface area contributed by atoms with Crippen LogP contribution in [-0.2, 0) is 10.0 Å². The van der Waals surface area contributed by atoms with Gasteiger partial charge in [-0.05, 0) is 55.3 Å². The van der Waals surface area contributed by atoms with Gasteiger partial charge in [-0.2, -0.15) is 5.10 Å². The van der Waals surface area contributed by atoms with E-state index in [4.69, 9.17) is 51.5 Å². The lowest BCUT2D eigenvalue weighted by atomic mass is 10.0. The van der Waals surface area contributed by atoms with Crippen LogP contribution in [0.4, 0.5) is 0 Å². The minimum atomic E-state index is -3.99. The summed E-state index contributed by atoms with van der Waals surface area (Å²) in [7, 11) is -3.99. The van der Waals surface area contributed by atoms with Crippen LogP contribution in [-0.4, -0.2) is 30.2 Å². The molecule has 1 aromatic heterocycles. The van der Waals surface area contributed by atoms with Crippen LogP contribution < -0.4 is 4.72 Å². The van der Waals surface area contributed by atoms with E-state index in [0.717, 1.165) is 18.4 Å². The van der Waals surface area contributed by atoms with E-state index in [9.17, 15) is 8.42 Å². The van der Waals surface area contributed by atoms with Crippen molar-refractivity contribution in [2.75, 3.05) is 0 Å². The van der Waals surface area contributed by atoms with Gasteiger partial charge in [0.25, 0.3) is 10.0 Å². The van der Waals surface area contributed by atoms with Gasteiger partial charge >= 0.3 is 0 Å². The molecule has 11 heteroatoms. The van der Waals surface area contributed by atoms with Gasteiger partial charge in [0.2, 0.25) is 5.96 Å². The highest BCUT2D eigenvalue weighted by Gasteiger charge is 2.26. The standard InChI is InChI=1S/C25H18Cl4N4O2S/c26-16-6-4-15(5-7-16)24-22(21-11-8-18(28)13-23(21)29)14-33(31-24)25(30-19-9-10-19)32-36(34,35)20-3-1-2-17(27)12-20/h1-8,11-14,19H,9-10H2,(H,30,32). The molecule has 1 heterocycles. The van der Waals surface area contributed by atoms with Crippen LogP contribution in [0.1, 0.15) is 12.8 Å². The minimum absolute atomic E-state index is 0.00723. The van der Waals surface area contributed by atoms with E-state index in [-0.39, 0.29) is 16.9 Å². The molecule has 0 unspecified atom stereocenters. The van der Waals surface area contributed by atoms with Crippen molar-refractivity contribution in [2.24, 2.45) is 4.99 Å². The van der Waals surface area contributed by atoms with E-state index < -0.39 is 10.0 Å². The molecule has 5 rings (SSSR count). The van der Waals surface area contributed by atoms with Crippen LogP contribution in [0.15, 0.2) is 82.8 Å². The van der Waals surface area contributed by atoms with Gasteiger partial charge in [0.05, 0.1) is 16.0 Å². The monoisotopic (exact) mass is 578 g/mol. The van der Waals surface area contributed by atoms with Crippen molar-refractivity contribution < 1.29 is 8.42 Å². The number of nitrogens with zero attached hydrogens (tertiary/aromatic N) is 3. The fraction of sp³-hybridized carbons (Fsp3) is 0.120. The predicted octanol–water partition coefficient (Wildman–Crippen LogP) is 7.18. The number of rotatable bonds is 5. The zero-order chi connectivity index (χ0) is 25.4. The van der Waals surface area contributed by atoms with Crippen molar-refractivity contribution >= 4 is 62.4 Å². The molecule has 184 valence electrons. The fourth-order valence-electron chi connectivity index (χ4n) is 3.53. The molecule has 6 nitrogen and oxygen atoms in total. The first-order valence-corrected chi connectivity index (χ1v) is 13.9. The molecule has 0 aliphatic heterocycles. The molecule has 1 fully saturated rings. The topological polar surface area (TPSA) is 76.3 Å². The SMILES string of the molecule is O=S(=O)(NC(=NC1CC1)n1cc(-c2ccc(Cl)cc2Cl)c(-c2ccc(Cl)cc2)n1)c1cccc(Cl)c1. The van der Waals surface area contributed by atoms with E-state index in [0.29, 0.717) is 36.9 Å². The minimum Gasteiger partial charge on any atom is -0.247 e. The Morgan fingerprint density at radius 3 is 2.25 bits per heavy atom. The molecule has 0 bridgehead atoms. The number of aliphatic imine (C=N–C) groups is 1. The fourth-order valence-corrected chi connectivity index (χ4v) is 5.47. The van der Waals surface area contributed by atoms with Crippen LogP contribution in [0, 0.1) is 0 Å². The smallest absolute Gasteiger partial charge is 0.247 e. The highest BCUT2D eigenvalue weighted by molar-refractivity contribution is 7.90. The molecule has 0 radical (unpaired) electrons. The summed E-state index contributed by atoms with van der Waals surface area (Å²) in [6.45, 7) is 0. The molecule has 0 spiro atoms. The van der Waals surface area contributed by atoms with Gasteiger partial charge < -0.3 is 0 Å². The quantitative estimate of drug-likeness (QED) is 0.201. The first kappa shape index (κ1) is 25.1. The molecule has 1 N–H and O–H groups in total. The molecule has 4 aromatic rings. The van der Waals surface area contributed by atoms with Crippen molar-refractivity contribution in [1.82, 2.24) is 14.5 Å². The Kier molecular flexibility index (Phi) is 7.03. The number of hydrogen-bond donors (Lipinski definition) is 1. The van der Waals surface area contributed by atoms with Crippen LogP contribution in [0.2, 0.25) is 20.1 Å². The van der Waals surface area contributed by atoms with E-state index >= 15 is 0 Å². The van der Waals surface area contributed by atoms with Crippen LogP contribution >= 0.6 is 46.4 Å². The maximum Gasteiger partial charge on any atom is 0.264 e. The largest absolute Gasteiger partial charge is 0.264 e. The van der Waals surface area contributed by atoms with Crippen LogP contribution in [0.5, 0.6) is 0 Å². The van der Waals surface area contributed by atoms with Crippen molar-refractivity contribution in [3.05, 3.63) is 93.0 Å². The molecular formula is C25H18Cl4N4O2S. The Hall–Kier alpha value is -2.55. The number of halogens is 4. The van der Waals surface area contributed by atoms with Crippen molar-refractivity contribution in [3.8, 4) is 22.4 Å². The predicted molar refractivity (Wildman–Crippen MR) is 146 cm³/mol. The lowest BCUT2D eigenvalue weighted by Gasteiger charge is -2.11. The van der Waals surface area contributed by atoms with Crippen LogP contribution in [0.25, 0.3) is 22.4 Å². The molecule has 1 saturated carbocycles. The normalized spacial score (nSPS) is 14.2. The molecular weight excluding hydrogens is 562 g/mol. The second-order valence-corrected chi connectivity index (χ2v) is 11.6. The number of aromatic nitrogens is 2. The van der Waals surface area contributed by atoms with E-state index in [1.807, 2.05) is 12.1 Å². The average molecular weight is 580 g/mol. The third-order valence-corrected chi connectivity index (χ3v) is 7.81. The maximum atomic E-state index is 13.2. The Bertz CT molecular complexity index is 1580. The summed E-state index contributed by atoms with van der Waals surface area (Å²) < 4.78 is 30.4. The van der Waals surface area contributed by atoms with Crippen molar-refractivity contribution in [2.45, 2.75) is 23.8 Å². The van der Waals surface area contributed by atoms with Gasteiger partial charge in [-0.15, -0.1) is 0 Å². The maximum absolute atomic E-state index is 13.2. The Labute approximate surface area is 228 Å². The molecule has 1 aliphatic carbocycles. The van der Waals surface area contributed by atoms with Gasteiger partial charge in [0.1, 0.15) is 5.69 Å². The summed E-state index contributed by atoms with van der Waals surface area (Å²) in [5, 5.41) is 6.53. The Morgan fingerprint density at radius 1 is 0.889 bits per heavy atom. The highest BCUT2D eigenvalue weighted by Crippen LogP contribution is 2.37. The van der Waals surface area contributed by atoms with E-state index in [1.54, 1.807) is 48.7 Å². The molecule has 1 aliphatic rings. The lowest BCUT2D eigenvalue weighted by Crippen LogP contribution is -2.36. The van der Waals surface area contributed by atoms with Crippen LogP contribution in [0.3, 0.4) is 0 Å².